The zero-order valence-electron chi connectivity index (χ0n) is 9.02. The highest BCUT2D eigenvalue weighted by molar-refractivity contribution is 9.10. The Balaban J connectivity index is 2.12. The van der Waals surface area contributed by atoms with Crippen molar-refractivity contribution in [3.05, 3.63) is 58.3 Å². The molecule has 0 atom stereocenters. The number of nitrogens with zero attached hydrogens (tertiary/aromatic N) is 2. The SMILES string of the molecule is N#Cc1cc(Br)ccc1NCc1cccnc1. The predicted octanol–water partition coefficient (Wildman–Crippen LogP) is 3.33. The van der Waals surface area contributed by atoms with Crippen LogP contribution in [0.1, 0.15) is 11.1 Å². The molecule has 0 amide bonds. The van der Waals surface area contributed by atoms with Crippen molar-refractivity contribution in [2.24, 2.45) is 0 Å². The van der Waals surface area contributed by atoms with Crippen molar-refractivity contribution in [1.82, 2.24) is 4.98 Å². The molecule has 1 heterocycles. The molecule has 0 unspecified atom stereocenters. The highest BCUT2D eigenvalue weighted by atomic mass is 79.9. The normalized spacial score (nSPS) is 9.65. The first-order valence-corrected chi connectivity index (χ1v) is 5.91. The number of benzene rings is 1. The summed E-state index contributed by atoms with van der Waals surface area (Å²) in [6, 6.07) is 11.6. The molecule has 0 aliphatic rings. The maximum atomic E-state index is 9.02. The van der Waals surface area contributed by atoms with Crippen LogP contribution in [0.25, 0.3) is 0 Å². The van der Waals surface area contributed by atoms with Gasteiger partial charge in [-0.3, -0.25) is 4.98 Å². The van der Waals surface area contributed by atoms with Crippen LogP contribution in [0, 0.1) is 11.3 Å². The molecule has 0 spiro atoms. The fourth-order valence-electron chi connectivity index (χ4n) is 1.46. The zero-order chi connectivity index (χ0) is 12.1. The second-order valence-electron chi connectivity index (χ2n) is 3.52. The number of aromatic nitrogens is 1. The summed E-state index contributed by atoms with van der Waals surface area (Å²) in [6.07, 6.45) is 3.54. The van der Waals surface area contributed by atoms with E-state index in [1.54, 1.807) is 18.5 Å². The Morgan fingerprint density at radius 2 is 2.24 bits per heavy atom. The summed E-state index contributed by atoms with van der Waals surface area (Å²) >= 11 is 3.34. The minimum Gasteiger partial charge on any atom is -0.380 e. The molecule has 4 heteroatoms. The summed E-state index contributed by atoms with van der Waals surface area (Å²) in [5.74, 6) is 0. The Hall–Kier alpha value is -1.86. The predicted molar refractivity (Wildman–Crippen MR) is 70.4 cm³/mol. The van der Waals surface area contributed by atoms with Crippen molar-refractivity contribution in [1.29, 1.82) is 5.26 Å². The van der Waals surface area contributed by atoms with E-state index in [0.717, 1.165) is 15.7 Å². The number of hydrogen-bond acceptors (Lipinski definition) is 3. The van der Waals surface area contributed by atoms with Crippen molar-refractivity contribution in [3.8, 4) is 6.07 Å². The second kappa shape index (κ2) is 5.46. The third kappa shape index (κ3) is 3.05. The maximum absolute atomic E-state index is 9.02. The van der Waals surface area contributed by atoms with Gasteiger partial charge in [-0.25, -0.2) is 0 Å². The molecule has 0 fully saturated rings. The lowest BCUT2D eigenvalue weighted by Crippen LogP contribution is -2.01. The number of nitrogens with one attached hydrogen (secondary N) is 1. The number of rotatable bonds is 3. The monoisotopic (exact) mass is 287 g/mol. The molecule has 1 aromatic heterocycles. The highest BCUT2D eigenvalue weighted by Crippen LogP contribution is 2.20. The van der Waals surface area contributed by atoms with Gasteiger partial charge in [-0.15, -0.1) is 0 Å². The Morgan fingerprint density at radius 3 is 2.94 bits per heavy atom. The molecule has 17 heavy (non-hydrogen) atoms. The van der Waals surface area contributed by atoms with Gasteiger partial charge in [0.2, 0.25) is 0 Å². The number of nitriles is 1. The van der Waals surface area contributed by atoms with Gasteiger partial charge in [0, 0.05) is 23.4 Å². The molecule has 0 saturated carbocycles. The Kier molecular flexibility index (Phi) is 3.73. The molecule has 0 aliphatic heterocycles. The maximum Gasteiger partial charge on any atom is 0.101 e. The van der Waals surface area contributed by atoms with E-state index in [9.17, 15) is 0 Å². The molecule has 0 saturated heterocycles. The Bertz CT molecular complexity index is 546. The molecular formula is C13H10BrN3. The molecule has 1 aromatic carbocycles. The van der Waals surface area contributed by atoms with Crippen LogP contribution in [0.3, 0.4) is 0 Å². The van der Waals surface area contributed by atoms with E-state index in [1.165, 1.54) is 0 Å². The lowest BCUT2D eigenvalue weighted by atomic mass is 10.2. The summed E-state index contributed by atoms with van der Waals surface area (Å²) in [6.45, 7) is 0.657. The van der Waals surface area contributed by atoms with Crippen LogP contribution in [-0.2, 0) is 6.54 Å². The topological polar surface area (TPSA) is 48.7 Å². The standard InChI is InChI=1S/C13H10BrN3/c14-12-3-4-13(11(6-12)7-15)17-9-10-2-1-5-16-8-10/h1-6,8,17H,9H2. The molecule has 2 aromatic rings. The quantitative estimate of drug-likeness (QED) is 0.942. The van der Waals surface area contributed by atoms with Crippen LogP contribution in [0.2, 0.25) is 0 Å². The smallest absolute Gasteiger partial charge is 0.101 e. The van der Waals surface area contributed by atoms with Crippen LogP contribution in [0.5, 0.6) is 0 Å². The zero-order valence-corrected chi connectivity index (χ0v) is 10.6. The average molecular weight is 288 g/mol. The average Bonchev–Trinajstić information content (AvgIpc) is 2.38. The van der Waals surface area contributed by atoms with E-state index in [0.29, 0.717) is 12.1 Å². The molecule has 0 bridgehead atoms. The van der Waals surface area contributed by atoms with Crippen LogP contribution in [0.4, 0.5) is 5.69 Å². The van der Waals surface area contributed by atoms with Crippen molar-refractivity contribution < 1.29 is 0 Å². The third-order valence-electron chi connectivity index (χ3n) is 2.31. The van der Waals surface area contributed by atoms with E-state index < -0.39 is 0 Å². The van der Waals surface area contributed by atoms with Gasteiger partial charge in [0.25, 0.3) is 0 Å². The first kappa shape index (κ1) is 11.6. The van der Waals surface area contributed by atoms with Gasteiger partial charge in [0.05, 0.1) is 11.3 Å². The summed E-state index contributed by atoms with van der Waals surface area (Å²) in [5.41, 5.74) is 2.54. The molecule has 0 radical (unpaired) electrons. The van der Waals surface area contributed by atoms with E-state index in [1.807, 2.05) is 24.3 Å². The van der Waals surface area contributed by atoms with Gasteiger partial charge in [0.1, 0.15) is 6.07 Å². The van der Waals surface area contributed by atoms with Crippen LogP contribution in [-0.4, -0.2) is 4.98 Å². The van der Waals surface area contributed by atoms with E-state index in [2.05, 4.69) is 32.3 Å². The lowest BCUT2D eigenvalue weighted by Gasteiger charge is -2.08. The van der Waals surface area contributed by atoms with Crippen molar-refractivity contribution in [2.75, 3.05) is 5.32 Å². The van der Waals surface area contributed by atoms with E-state index in [4.69, 9.17) is 5.26 Å². The number of hydrogen-bond donors (Lipinski definition) is 1. The summed E-state index contributed by atoms with van der Waals surface area (Å²) in [7, 11) is 0. The highest BCUT2D eigenvalue weighted by Gasteiger charge is 2.02. The van der Waals surface area contributed by atoms with Crippen molar-refractivity contribution in [3.63, 3.8) is 0 Å². The van der Waals surface area contributed by atoms with E-state index in [-0.39, 0.29) is 0 Å². The van der Waals surface area contributed by atoms with Gasteiger partial charge in [-0.2, -0.15) is 5.26 Å². The van der Waals surface area contributed by atoms with Gasteiger partial charge < -0.3 is 5.32 Å². The van der Waals surface area contributed by atoms with Gasteiger partial charge in [-0.05, 0) is 29.8 Å². The van der Waals surface area contributed by atoms with Crippen LogP contribution < -0.4 is 5.32 Å². The summed E-state index contributed by atoms with van der Waals surface area (Å²) in [4.78, 5) is 4.04. The fourth-order valence-corrected chi connectivity index (χ4v) is 1.82. The van der Waals surface area contributed by atoms with Gasteiger partial charge in [0.15, 0.2) is 0 Å². The summed E-state index contributed by atoms with van der Waals surface area (Å²) < 4.78 is 0.904. The molecule has 1 N–H and O–H groups in total. The van der Waals surface area contributed by atoms with Crippen LogP contribution in [0.15, 0.2) is 47.2 Å². The van der Waals surface area contributed by atoms with Crippen molar-refractivity contribution >= 4 is 21.6 Å². The number of anilines is 1. The summed E-state index contributed by atoms with van der Waals surface area (Å²) in [5, 5.41) is 12.2. The Morgan fingerprint density at radius 1 is 1.35 bits per heavy atom. The number of halogens is 1. The largest absolute Gasteiger partial charge is 0.380 e. The number of pyridine rings is 1. The van der Waals surface area contributed by atoms with E-state index >= 15 is 0 Å². The minimum absolute atomic E-state index is 0.628. The molecule has 3 nitrogen and oxygen atoms in total. The second-order valence-corrected chi connectivity index (χ2v) is 4.43. The van der Waals surface area contributed by atoms with Crippen molar-refractivity contribution in [2.45, 2.75) is 6.54 Å². The minimum atomic E-state index is 0.628. The molecular weight excluding hydrogens is 278 g/mol. The molecule has 0 aliphatic carbocycles. The van der Waals surface area contributed by atoms with Gasteiger partial charge in [-0.1, -0.05) is 22.0 Å². The fraction of sp³-hybridized carbons (Fsp3) is 0.0769. The first-order chi connectivity index (χ1) is 8.29. The van der Waals surface area contributed by atoms with Crippen LogP contribution >= 0.6 is 15.9 Å². The first-order valence-electron chi connectivity index (χ1n) is 5.12. The lowest BCUT2D eigenvalue weighted by molar-refractivity contribution is 1.11. The molecule has 84 valence electrons. The Labute approximate surface area is 108 Å². The molecule has 2 rings (SSSR count). The van der Waals surface area contributed by atoms with Gasteiger partial charge >= 0.3 is 0 Å². The third-order valence-corrected chi connectivity index (χ3v) is 2.80.